The van der Waals surface area contributed by atoms with Crippen LogP contribution >= 0.6 is 0 Å². The van der Waals surface area contributed by atoms with Gasteiger partial charge < -0.3 is 12.4 Å². The molecule has 0 aliphatic carbocycles. The van der Waals surface area contributed by atoms with Crippen LogP contribution in [0.2, 0.25) is 0 Å². The fraction of sp³-hybridized carbons (Fsp3) is 0.100. The summed E-state index contributed by atoms with van der Waals surface area (Å²) in [4.78, 5) is 2.74. The fourth-order valence-electron chi connectivity index (χ4n) is 0.352. The molecule has 2 heteroatoms. The predicted molar refractivity (Wildman–Crippen MR) is 49.7 cm³/mol. The molecule has 0 aliphatic heterocycles. The van der Waals surface area contributed by atoms with Crippen molar-refractivity contribution in [1.29, 1.82) is 0 Å². The van der Waals surface area contributed by atoms with Crippen LogP contribution in [0.5, 0.6) is 0 Å². The SMILES string of the molecule is [CH-]=CC=CC.[CH3-].[Ru+3].[c-]1ccc[nH]1. The zero-order valence-electron chi connectivity index (χ0n) is 7.40. The van der Waals surface area contributed by atoms with Gasteiger partial charge in [0.1, 0.15) is 0 Å². The van der Waals surface area contributed by atoms with Crippen molar-refractivity contribution in [3.05, 3.63) is 56.8 Å². The molecule has 0 unspecified atom stereocenters. The Labute approximate surface area is 88.3 Å². The molecule has 1 nitrogen and oxygen atoms in total. The van der Waals surface area contributed by atoms with Crippen LogP contribution in [-0.4, -0.2) is 4.98 Å². The maximum absolute atomic E-state index is 4.93. The predicted octanol–water partition coefficient (Wildman–Crippen LogP) is 2.81. The number of allylic oxidation sites excluding steroid dienone is 3. The standard InChI is InChI=1S/C5H7.C4H4N.CH3.Ru/c1-3-5-4-2;1-2-4-5-3-1;;/h1,3-5H,2H3;1-3,5H;1H3;/q3*-1;+3. The zero-order chi connectivity index (χ0) is 7.66. The van der Waals surface area contributed by atoms with Gasteiger partial charge in [-0.25, -0.2) is 12.2 Å². The molecule has 0 saturated heterocycles. The second kappa shape index (κ2) is 16.8. The molecule has 1 N–H and O–H groups in total. The molecule has 1 rings (SSSR count). The quantitative estimate of drug-likeness (QED) is 0.447. The van der Waals surface area contributed by atoms with Gasteiger partial charge in [0.25, 0.3) is 0 Å². The number of aromatic nitrogens is 1. The van der Waals surface area contributed by atoms with E-state index in [0.29, 0.717) is 0 Å². The van der Waals surface area contributed by atoms with E-state index in [0.717, 1.165) is 0 Å². The monoisotopic (exact) mass is 250 g/mol. The summed E-state index contributed by atoms with van der Waals surface area (Å²) >= 11 is 0. The first-order valence-electron chi connectivity index (χ1n) is 3.07. The van der Waals surface area contributed by atoms with E-state index < -0.39 is 0 Å². The molecular weight excluding hydrogens is 235 g/mol. The molecule has 0 atom stereocenters. The van der Waals surface area contributed by atoms with Crippen molar-refractivity contribution in [2.75, 3.05) is 0 Å². The van der Waals surface area contributed by atoms with Crippen LogP contribution in [0.1, 0.15) is 6.92 Å². The van der Waals surface area contributed by atoms with Crippen LogP contribution in [0.25, 0.3) is 0 Å². The largest absolute Gasteiger partial charge is 3.00 e. The van der Waals surface area contributed by atoms with Crippen molar-refractivity contribution in [3.8, 4) is 0 Å². The molecule has 1 aromatic heterocycles. The number of aromatic amines is 1. The molecule has 0 amide bonds. The van der Waals surface area contributed by atoms with Crippen molar-refractivity contribution in [1.82, 2.24) is 4.98 Å². The Kier molecular flexibility index (Phi) is 24.4. The summed E-state index contributed by atoms with van der Waals surface area (Å²) in [6.45, 7) is 6.85. The van der Waals surface area contributed by atoms with E-state index >= 15 is 0 Å². The molecule has 0 spiro atoms. The first-order chi connectivity index (χ1) is 4.91. The minimum absolute atomic E-state index is 0. The van der Waals surface area contributed by atoms with Crippen molar-refractivity contribution >= 4 is 0 Å². The molecule has 1 heterocycles. The number of nitrogens with one attached hydrogen (secondary N) is 1. The van der Waals surface area contributed by atoms with Gasteiger partial charge in [-0.2, -0.15) is 24.4 Å². The first-order valence-corrected chi connectivity index (χ1v) is 3.07. The van der Waals surface area contributed by atoms with E-state index in [1.54, 1.807) is 6.08 Å². The number of hydrogen-bond acceptors (Lipinski definition) is 0. The Balaban J connectivity index is -0.000000116. The van der Waals surface area contributed by atoms with E-state index in [-0.39, 0.29) is 26.9 Å². The topological polar surface area (TPSA) is 15.8 Å². The Morgan fingerprint density at radius 2 is 2.17 bits per heavy atom. The van der Waals surface area contributed by atoms with E-state index in [4.69, 9.17) is 6.58 Å². The van der Waals surface area contributed by atoms with Gasteiger partial charge in [-0.15, -0.1) is 6.20 Å². The van der Waals surface area contributed by atoms with Gasteiger partial charge in [0.05, 0.1) is 0 Å². The van der Waals surface area contributed by atoms with E-state index in [2.05, 4.69) is 11.2 Å². The first kappa shape index (κ1) is 17.5. The number of H-pyrrole nitrogens is 1. The smallest absolute Gasteiger partial charge is 0.484 e. The minimum Gasteiger partial charge on any atom is -0.484 e. The van der Waals surface area contributed by atoms with Gasteiger partial charge in [-0.1, -0.05) is 6.92 Å². The summed E-state index contributed by atoms with van der Waals surface area (Å²) in [5.74, 6) is 0. The van der Waals surface area contributed by atoms with Crippen LogP contribution in [0.15, 0.2) is 36.6 Å². The van der Waals surface area contributed by atoms with Gasteiger partial charge in [-0.05, 0) is 0 Å². The van der Waals surface area contributed by atoms with Crippen molar-refractivity contribution in [2.24, 2.45) is 0 Å². The summed E-state index contributed by atoms with van der Waals surface area (Å²) in [6, 6.07) is 3.71. The van der Waals surface area contributed by atoms with Crippen LogP contribution in [-0.2, 0) is 19.5 Å². The van der Waals surface area contributed by atoms with Gasteiger partial charge in [0.15, 0.2) is 0 Å². The molecule has 12 heavy (non-hydrogen) atoms. The molecule has 0 bridgehead atoms. The third kappa shape index (κ3) is 16.2. The second-order valence-electron chi connectivity index (χ2n) is 1.53. The summed E-state index contributed by atoms with van der Waals surface area (Å²) in [5, 5.41) is 0. The average molecular weight is 249 g/mol. The molecule has 0 saturated carbocycles. The van der Waals surface area contributed by atoms with Crippen LogP contribution in [0.3, 0.4) is 0 Å². The molecular formula is C10H14NRu. The molecule has 67 valence electrons. The Hall–Kier alpha value is -0.617. The van der Waals surface area contributed by atoms with Gasteiger partial charge in [-0.3, -0.25) is 6.58 Å². The van der Waals surface area contributed by atoms with Crippen LogP contribution in [0.4, 0.5) is 0 Å². The third-order valence-corrected chi connectivity index (χ3v) is 0.746. The molecule has 1 radical (unpaired) electrons. The second-order valence-corrected chi connectivity index (χ2v) is 1.53. The van der Waals surface area contributed by atoms with Crippen molar-refractivity contribution < 1.29 is 19.5 Å². The zero-order valence-corrected chi connectivity index (χ0v) is 9.13. The normalized spacial score (nSPS) is 7.08. The van der Waals surface area contributed by atoms with E-state index in [1.807, 2.05) is 31.3 Å². The summed E-state index contributed by atoms with van der Waals surface area (Å²) in [7, 11) is 0. The van der Waals surface area contributed by atoms with Crippen LogP contribution in [0, 0.1) is 20.2 Å². The Bertz CT molecular complexity index is 149. The maximum Gasteiger partial charge on any atom is 3.00 e. The molecule has 1 aromatic rings. The molecule has 0 aromatic carbocycles. The van der Waals surface area contributed by atoms with E-state index in [9.17, 15) is 0 Å². The van der Waals surface area contributed by atoms with Crippen LogP contribution < -0.4 is 0 Å². The maximum atomic E-state index is 4.93. The molecule has 0 aliphatic rings. The number of rotatable bonds is 1. The minimum atomic E-state index is 0. The van der Waals surface area contributed by atoms with Gasteiger partial charge >= 0.3 is 19.5 Å². The summed E-state index contributed by atoms with van der Waals surface area (Å²) < 4.78 is 0. The fourth-order valence-corrected chi connectivity index (χ4v) is 0.352. The Morgan fingerprint density at radius 3 is 2.25 bits per heavy atom. The van der Waals surface area contributed by atoms with E-state index in [1.165, 1.54) is 6.08 Å². The number of hydrogen-bond donors (Lipinski definition) is 1. The molecule has 0 fully saturated rings. The third-order valence-electron chi connectivity index (χ3n) is 0.746. The average Bonchev–Trinajstić information content (AvgIpc) is 2.44. The Morgan fingerprint density at radius 1 is 1.50 bits per heavy atom. The van der Waals surface area contributed by atoms with Crippen molar-refractivity contribution in [2.45, 2.75) is 6.92 Å². The van der Waals surface area contributed by atoms with Gasteiger partial charge in [0.2, 0.25) is 0 Å². The summed E-state index contributed by atoms with van der Waals surface area (Å²) in [5.41, 5.74) is 0. The summed E-state index contributed by atoms with van der Waals surface area (Å²) in [6.07, 6.45) is 9.71. The van der Waals surface area contributed by atoms with Crippen molar-refractivity contribution in [3.63, 3.8) is 0 Å². The van der Waals surface area contributed by atoms with Gasteiger partial charge in [0, 0.05) is 0 Å².